The fraction of sp³-hybridized carbons (Fsp3) is 0.611. The number of halogens is 1. The number of likely N-dealkylation sites (tertiary alicyclic amines) is 1. The summed E-state index contributed by atoms with van der Waals surface area (Å²) in [5, 5.41) is 3.48. The number of carbonyl (C=O) groups is 1. The molecule has 0 bridgehead atoms. The summed E-state index contributed by atoms with van der Waals surface area (Å²) in [5.74, 6) is 2.56. The number of nitrogens with one attached hydrogen (secondary N) is 1. The van der Waals surface area contributed by atoms with Crippen molar-refractivity contribution in [1.29, 1.82) is 0 Å². The largest absolute Gasteiger partial charge is 0.336 e. The zero-order valence-electron chi connectivity index (χ0n) is 13.8. The first kappa shape index (κ1) is 18.6. The van der Waals surface area contributed by atoms with Crippen molar-refractivity contribution in [3.8, 4) is 0 Å². The number of carbonyl (C=O) groups excluding carboxylic acids is 1. The zero-order valence-corrected chi connectivity index (χ0v) is 15.4. The summed E-state index contributed by atoms with van der Waals surface area (Å²) in [5.41, 5.74) is 2.57. The molecule has 2 aliphatic heterocycles. The number of piperidine rings is 1. The van der Waals surface area contributed by atoms with Gasteiger partial charge < -0.3 is 10.2 Å². The fourth-order valence-electron chi connectivity index (χ4n) is 3.44. The predicted molar refractivity (Wildman–Crippen MR) is 100 cm³/mol. The van der Waals surface area contributed by atoms with Gasteiger partial charge in [-0.15, -0.1) is 12.4 Å². The van der Waals surface area contributed by atoms with E-state index in [2.05, 4.69) is 41.4 Å². The highest BCUT2D eigenvalue weighted by Crippen LogP contribution is 2.31. The third kappa shape index (κ3) is 4.88. The van der Waals surface area contributed by atoms with Crippen LogP contribution in [0.25, 0.3) is 0 Å². The number of hydrogen-bond donors (Lipinski definition) is 1. The minimum Gasteiger partial charge on any atom is -0.336 e. The Morgan fingerprint density at radius 3 is 2.78 bits per heavy atom. The molecule has 2 aliphatic rings. The number of hydrogen-bond acceptors (Lipinski definition) is 3. The van der Waals surface area contributed by atoms with Gasteiger partial charge in [0.15, 0.2) is 0 Å². The minimum atomic E-state index is 0. The summed E-state index contributed by atoms with van der Waals surface area (Å²) in [6, 6.07) is 9.34. The lowest BCUT2D eigenvalue weighted by Crippen LogP contribution is -2.45. The third-order valence-electron chi connectivity index (χ3n) is 4.70. The highest BCUT2D eigenvalue weighted by atomic mass is 35.5. The fourth-order valence-corrected chi connectivity index (χ4v) is 4.39. The van der Waals surface area contributed by atoms with Crippen LogP contribution >= 0.6 is 24.2 Å². The second-order valence-corrected chi connectivity index (χ2v) is 7.59. The molecular weight excluding hydrogens is 328 g/mol. The van der Waals surface area contributed by atoms with E-state index in [4.69, 9.17) is 0 Å². The molecule has 0 spiro atoms. The highest BCUT2D eigenvalue weighted by molar-refractivity contribution is 7.99. The molecule has 1 aromatic rings. The second-order valence-electron chi connectivity index (χ2n) is 6.44. The van der Waals surface area contributed by atoms with E-state index in [1.807, 2.05) is 11.8 Å². The summed E-state index contributed by atoms with van der Waals surface area (Å²) in [4.78, 5) is 14.9. The minimum absolute atomic E-state index is 0. The van der Waals surface area contributed by atoms with Crippen LogP contribution in [0.1, 0.15) is 42.9 Å². The lowest BCUT2D eigenvalue weighted by atomic mass is 9.94. The Morgan fingerprint density at radius 1 is 1.30 bits per heavy atom. The van der Waals surface area contributed by atoms with Crippen molar-refractivity contribution in [3.05, 3.63) is 35.4 Å². The molecule has 0 radical (unpaired) electrons. The Labute approximate surface area is 150 Å². The van der Waals surface area contributed by atoms with Crippen molar-refractivity contribution in [2.24, 2.45) is 0 Å². The molecule has 2 fully saturated rings. The maximum Gasteiger partial charge on any atom is 0.224 e. The highest BCUT2D eigenvalue weighted by Gasteiger charge is 2.29. The summed E-state index contributed by atoms with van der Waals surface area (Å²) in [6.45, 7) is 4.06. The Hall–Kier alpha value is -0.710. The predicted octanol–water partition coefficient (Wildman–Crippen LogP) is 3.57. The van der Waals surface area contributed by atoms with Crippen molar-refractivity contribution in [3.63, 3.8) is 0 Å². The molecule has 2 saturated heterocycles. The molecule has 3 rings (SSSR count). The average Bonchev–Trinajstić information content (AvgIpc) is 2.56. The number of nitrogens with zero attached hydrogens (tertiary/aromatic N) is 1. The lowest BCUT2D eigenvalue weighted by Gasteiger charge is -2.37. The molecule has 1 aromatic carbocycles. The van der Waals surface area contributed by atoms with E-state index in [1.54, 1.807) is 0 Å². The van der Waals surface area contributed by atoms with Gasteiger partial charge in [-0.05, 0) is 31.7 Å². The van der Waals surface area contributed by atoms with Gasteiger partial charge in [-0.25, -0.2) is 0 Å². The summed E-state index contributed by atoms with van der Waals surface area (Å²) < 4.78 is 0. The van der Waals surface area contributed by atoms with Gasteiger partial charge >= 0.3 is 0 Å². The normalized spacial score (nSPS) is 24.8. The maximum atomic E-state index is 12.8. The molecule has 0 aliphatic carbocycles. The van der Waals surface area contributed by atoms with Crippen molar-refractivity contribution >= 4 is 30.1 Å². The van der Waals surface area contributed by atoms with Crippen molar-refractivity contribution in [2.75, 3.05) is 24.6 Å². The van der Waals surface area contributed by atoms with Gasteiger partial charge in [0, 0.05) is 37.1 Å². The molecule has 1 amide bonds. The van der Waals surface area contributed by atoms with E-state index >= 15 is 0 Å². The lowest BCUT2D eigenvalue weighted by molar-refractivity contribution is -0.135. The topological polar surface area (TPSA) is 32.3 Å². The first-order valence-corrected chi connectivity index (χ1v) is 9.56. The van der Waals surface area contributed by atoms with Crippen molar-refractivity contribution < 1.29 is 4.79 Å². The number of amides is 1. The van der Waals surface area contributed by atoms with Crippen LogP contribution in [0, 0.1) is 6.92 Å². The second kappa shape index (κ2) is 8.95. The van der Waals surface area contributed by atoms with Crippen molar-refractivity contribution in [1.82, 2.24) is 10.2 Å². The Kier molecular flexibility index (Phi) is 7.25. The third-order valence-corrected chi connectivity index (χ3v) is 5.84. The molecule has 0 saturated carbocycles. The number of thioether (sulfide) groups is 1. The SMILES string of the molecule is Cc1ccc(C2CCCCN2C(=O)CC2CSCCN2)cc1.Cl. The van der Waals surface area contributed by atoms with E-state index in [1.165, 1.54) is 23.3 Å². The van der Waals surface area contributed by atoms with Gasteiger partial charge in [0.2, 0.25) is 5.91 Å². The maximum absolute atomic E-state index is 12.8. The van der Waals surface area contributed by atoms with E-state index in [0.717, 1.165) is 31.7 Å². The standard InChI is InChI=1S/C18H26N2OS.ClH/c1-14-5-7-15(8-6-14)17-4-2-3-10-20(17)18(21)12-16-13-22-11-9-19-16;/h5-8,16-17,19H,2-4,9-13H2,1H3;1H. The smallest absolute Gasteiger partial charge is 0.224 e. The van der Waals surface area contributed by atoms with E-state index in [-0.39, 0.29) is 18.4 Å². The molecular formula is C18H27ClN2OS. The van der Waals surface area contributed by atoms with Crippen LogP contribution in [-0.2, 0) is 4.79 Å². The van der Waals surface area contributed by atoms with Gasteiger partial charge in [0.1, 0.15) is 0 Å². The molecule has 128 valence electrons. The summed E-state index contributed by atoms with van der Waals surface area (Å²) >= 11 is 1.96. The van der Waals surface area contributed by atoms with Gasteiger partial charge in [-0.1, -0.05) is 29.8 Å². The van der Waals surface area contributed by atoms with Crippen molar-refractivity contribution in [2.45, 2.75) is 44.7 Å². The molecule has 3 nitrogen and oxygen atoms in total. The van der Waals surface area contributed by atoms with Gasteiger partial charge in [0.05, 0.1) is 6.04 Å². The van der Waals surface area contributed by atoms with Crippen LogP contribution in [0.2, 0.25) is 0 Å². The quantitative estimate of drug-likeness (QED) is 0.900. The Balaban J connectivity index is 0.00000192. The van der Waals surface area contributed by atoms with E-state index in [0.29, 0.717) is 18.4 Å². The van der Waals surface area contributed by atoms with Gasteiger partial charge in [-0.2, -0.15) is 11.8 Å². The summed E-state index contributed by atoms with van der Waals surface area (Å²) in [6.07, 6.45) is 4.11. The molecule has 2 atom stereocenters. The zero-order chi connectivity index (χ0) is 15.4. The van der Waals surface area contributed by atoms with Crippen LogP contribution in [-0.4, -0.2) is 41.4 Å². The van der Waals surface area contributed by atoms with Crippen LogP contribution < -0.4 is 5.32 Å². The van der Waals surface area contributed by atoms with E-state index < -0.39 is 0 Å². The van der Waals surface area contributed by atoms with Crippen LogP contribution in [0.15, 0.2) is 24.3 Å². The van der Waals surface area contributed by atoms with Gasteiger partial charge in [-0.3, -0.25) is 4.79 Å². The molecule has 23 heavy (non-hydrogen) atoms. The van der Waals surface area contributed by atoms with Crippen LogP contribution in [0.5, 0.6) is 0 Å². The van der Waals surface area contributed by atoms with Gasteiger partial charge in [0.25, 0.3) is 0 Å². The first-order chi connectivity index (χ1) is 10.7. The molecule has 2 heterocycles. The van der Waals surface area contributed by atoms with Crippen LogP contribution in [0.3, 0.4) is 0 Å². The average molecular weight is 355 g/mol. The monoisotopic (exact) mass is 354 g/mol. The van der Waals surface area contributed by atoms with E-state index in [9.17, 15) is 4.79 Å². The number of aryl methyl sites for hydroxylation is 1. The molecule has 5 heteroatoms. The number of rotatable bonds is 3. The molecule has 2 unspecified atom stereocenters. The first-order valence-electron chi connectivity index (χ1n) is 8.41. The number of benzene rings is 1. The Morgan fingerprint density at radius 2 is 2.09 bits per heavy atom. The van der Waals surface area contributed by atoms with Crippen LogP contribution in [0.4, 0.5) is 0 Å². The Bertz CT molecular complexity index is 502. The summed E-state index contributed by atoms with van der Waals surface area (Å²) in [7, 11) is 0. The molecule has 0 aromatic heterocycles. The molecule has 1 N–H and O–H groups in total.